The van der Waals surface area contributed by atoms with Crippen LogP contribution < -0.4 is 4.74 Å². The highest BCUT2D eigenvalue weighted by atomic mass is 16.5. The number of allylic oxidation sites excluding steroid dienone is 1. The van der Waals surface area contributed by atoms with E-state index in [0.29, 0.717) is 12.3 Å². The molecule has 0 aliphatic rings. The van der Waals surface area contributed by atoms with Crippen LogP contribution in [0.2, 0.25) is 0 Å². The molecular formula is C10H13NO2. The first-order chi connectivity index (χ1) is 6.36. The number of aromatic nitrogens is 1. The van der Waals surface area contributed by atoms with E-state index in [1.54, 1.807) is 18.3 Å². The third-order valence-corrected chi connectivity index (χ3v) is 1.53. The molecule has 0 radical (unpaired) electrons. The van der Waals surface area contributed by atoms with Crippen LogP contribution >= 0.6 is 0 Å². The lowest BCUT2D eigenvalue weighted by molar-refractivity contribution is 0.275. The molecule has 0 aromatic carbocycles. The van der Waals surface area contributed by atoms with Gasteiger partial charge in [-0.1, -0.05) is 12.2 Å². The molecule has 1 aromatic rings. The van der Waals surface area contributed by atoms with Crippen molar-refractivity contribution in [3.8, 4) is 5.75 Å². The standard InChI is InChI=1S/C10H13NO2/c1-2-3-6-13-10-4-5-11-9(7-10)8-12/h2-5,7,12H,6,8H2,1H3. The summed E-state index contributed by atoms with van der Waals surface area (Å²) in [4.78, 5) is 3.94. The maximum atomic E-state index is 8.80. The van der Waals surface area contributed by atoms with E-state index in [2.05, 4.69) is 4.98 Å². The monoisotopic (exact) mass is 179 g/mol. The highest BCUT2D eigenvalue weighted by Crippen LogP contribution is 2.10. The van der Waals surface area contributed by atoms with Crippen molar-refractivity contribution < 1.29 is 9.84 Å². The molecule has 0 amide bonds. The molecule has 3 heteroatoms. The van der Waals surface area contributed by atoms with Crippen LogP contribution in [0.15, 0.2) is 30.5 Å². The van der Waals surface area contributed by atoms with Gasteiger partial charge in [-0.3, -0.25) is 4.98 Å². The van der Waals surface area contributed by atoms with E-state index < -0.39 is 0 Å². The van der Waals surface area contributed by atoms with Gasteiger partial charge in [0.05, 0.1) is 12.3 Å². The van der Waals surface area contributed by atoms with Crippen molar-refractivity contribution in [3.05, 3.63) is 36.2 Å². The lowest BCUT2D eigenvalue weighted by Gasteiger charge is -2.03. The number of aliphatic hydroxyl groups excluding tert-OH is 1. The quantitative estimate of drug-likeness (QED) is 0.713. The summed E-state index contributed by atoms with van der Waals surface area (Å²) < 4.78 is 5.35. The first-order valence-corrected chi connectivity index (χ1v) is 4.16. The Balaban J connectivity index is 2.56. The maximum Gasteiger partial charge on any atom is 0.123 e. The summed E-state index contributed by atoms with van der Waals surface area (Å²) in [6, 6.07) is 3.49. The average Bonchev–Trinajstić information content (AvgIpc) is 2.19. The van der Waals surface area contributed by atoms with Gasteiger partial charge < -0.3 is 9.84 Å². The van der Waals surface area contributed by atoms with Gasteiger partial charge in [0, 0.05) is 12.3 Å². The van der Waals surface area contributed by atoms with E-state index in [-0.39, 0.29) is 6.61 Å². The molecule has 0 bridgehead atoms. The summed E-state index contributed by atoms with van der Waals surface area (Å²) in [6.07, 6.45) is 5.46. The Morgan fingerprint density at radius 1 is 1.62 bits per heavy atom. The van der Waals surface area contributed by atoms with E-state index in [4.69, 9.17) is 9.84 Å². The molecule has 0 fully saturated rings. The number of ether oxygens (including phenoxy) is 1. The maximum absolute atomic E-state index is 8.80. The van der Waals surface area contributed by atoms with Crippen molar-refractivity contribution in [1.29, 1.82) is 0 Å². The van der Waals surface area contributed by atoms with Crippen LogP contribution in [0.5, 0.6) is 5.75 Å². The number of hydrogen-bond donors (Lipinski definition) is 1. The zero-order chi connectivity index (χ0) is 9.52. The van der Waals surface area contributed by atoms with Gasteiger partial charge in [-0.2, -0.15) is 0 Å². The number of rotatable bonds is 4. The Morgan fingerprint density at radius 2 is 2.46 bits per heavy atom. The Kier molecular flexibility index (Phi) is 3.99. The predicted octanol–water partition coefficient (Wildman–Crippen LogP) is 1.53. The molecule has 13 heavy (non-hydrogen) atoms. The first kappa shape index (κ1) is 9.74. The number of hydrogen-bond acceptors (Lipinski definition) is 3. The van der Waals surface area contributed by atoms with Gasteiger partial charge in [-0.15, -0.1) is 0 Å². The summed E-state index contributed by atoms with van der Waals surface area (Å²) in [5, 5.41) is 8.80. The van der Waals surface area contributed by atoms with Crippen molar-refractivity contribution in [2.24, 2.45) is 0 Å². The minimum absolute atomic E-state index is 0.0547. The molecule has 1 heterocycles. The fourth-order valence-corrected chi connectivity index (χ4v) is 0.873. The van der Waals surface area contributed by atoms with Gasteiger partial charge in [0.15, 0.2) is 0 Å². The van der Waals surface area contributed by atoms with E-state index >= 15 is 0 Å². The van der Waals surface area contributed by atoms with Gasteiger partial charge >= 0.3 is 0 Å². The fourth-order valence-electron chi connectivity index (χ4n) is 0.873. The van der Waals surface area contributed by atoms with Gasteiger partial charge in [0.25, 0.3) is 0 Å². The zero-order valence-electron chi connectivity index (χ0n) is 7.60. The number of pyridine rings is 1. The smallest absolute Gasteiger partial charge is 0.123 e. The van der Waals surface area contributed by atoms with E-state index in [9.17, 15) is 0 Å². The molecule has 1 rings (SSSR count). The lowest BCUT2D eigenvalue weighted by Crippen LogP contribution is -1.95. The highest BCUT2D eigenvalue weighted by molar-refractivity contribution is 5.22. The van der Waals surface area contributed by atoms with Crippen LogP contribution in [0, 0.1) is 0 Å². The van der Waals surface area contributed by atoms with Gasteiger partial charge in [-0.05, 0) is 13.0 Å². The van der Waals surface area contributed by atoms with Crippen molar-refractivity contribution in [2.75, 3.05) is 6.61 Å². The third kappa shape index (κ3) is 3.25. The third-order valence-electron chi connectivity index (χ3n) is 1.53. The van der Waals surface area contributed by atoms with Gasteiger partial charge in [0.1, 0.15) is 12.4 Å². The van der Waals surface area contributed by atoms with Crippen molar-refractivity contribution in [2.45, 2.75) is 13.5 Å². The summed E-state index contributed by atoms with van der Waals surface area (Å²) in [7, 11) is 0. The second-order valence-electron chi connectivity index (χ2n) is 2.52. The van der Waals surface area contributed by atoms with E-state index in [1.807, 2.05) is 19.1 Å². The Morgan fingerprint density at radius 3 is 3.15 bits per heavy atom. The van der Waals surface area contributed by atoms with Crippen molar-refractivity contribution in [3.63, 3.8) is 0 Å². The predicted molar refractivity (Wildman–Crippen MR) is 50.5 cm³/mol. The summed E-state index contributed by atoms with van der Waals surface area (Å²) in [5.74, 6) is 0.733. The van der Waals surface area contributed by atoms with Crippen LogP contribution in [0.25, 0.3) is 0 Å². The van der Waals surface area contributed by atoms with Crippen LogP contribution in [0.1, 0.15) is 12.6 Å². The molecule has 0 unspecified atom stereocenters. The molecular weight excluding hydrogens is 166 g/mol. The SMILES string of the molecule is CC=CCOc1ccnc(CO)c1. The van der Waals surface area contributed by atoms with E-state index in [1.165, 1.54) is 0 Å². The molecule has 0 aliphatic carbocycles. The van der Waals surface area contributed by atoms with Gasteiger partial charge in [0.2, 0.25) is 0 Å². The minimum atomic E-state index is -0.0547. The second-order valence-corrected chi connectivity index (χ2v) is 2.52. The Hall–Kier alpha value is -1.35. The first-order valence-electron chi connectivity index (χ1n) is 4.16. The minimum Gasteiger partial charge on any atom is -0.489 e. The molecule has 0 saturated carbocycles. The Bertz CT molecular complexity index is 284. The Labute approximate surface area is 77.7 Å². The average molecular weight is 179 g/mol. The molecule has 0 saturated heterocycles. The fraction of sp³-hybridized carbons (Fsp3) is 0.300. The molecule has 1 aromatic heterocycles. The largest absolute Gasteiger partial charge is 0.489 e. The van der Waals surface area contributed by atoms with E-state index in [0.717, 1.165) is 5.75 Å². The van der Waals surface area contributed by atoms with Gasteiger partial charge in [-0.25, -0.2) is 0 Å². The molecule has 1 N–H and O–H groups in total. The lowest BCUT2D eigenvalue weighted by atomic mass is 10.3. The second kappa shape index (κ2) is 5.32. The van der Waals surface area contributed by atoms with Crippen LogP contribution in [0.3, 0.4) is 0 Å². The zero-order valence-corrected chi connectivity index (χ0v) is 7.60. The number of nitrogens with zero attached hydrogens (tertiary/aromatic N) is 1. The van der Waals surface area contributed by atoms with Crippen LogP contribution in [-0.4, -0.2) is 16.7 Å². The summed E-state index contributed by atoms with van der Waals surface area (Å²) >= 11 is 0. The van der Waals surface area contributed by atoms with Crippen molar-refractivity contribution >= 4 is 0 Å². The molecule has 0 spiro atoms. The summed E-state index contributed by atoms with van der Waals surface area (Å²) in [6.45, 7) is 2.43. The van der Waals surface area contributed by atoms with Crippen LogP contribution in [-0.2, 0) is 6.61 Å². The topological polar surface area (TPSA) is 42.4 Å². The molecule has 3 nitrogen and oxygen atoms in total. The van der Waals surface area contributed by atoms with Crippen LogP contribution in [0.4, 0.5) is 0 Å². The normalized spacial score (nSPS) is 10.6. The number of aliphatic hydroxyl groups is 1. The highest BCUT2D eigenvalue weighted by Gasteiger charge is 1.94. The molecule has 70 valence electrons. The summed E-state index contributed by atoms with van der Waals surface area (Å²) in [5.41, 5.74) is 0.623. The molecule has 0 aliphatic heterocycles. The van der Waals surface area contributed by atoms with Crippen molar-refractivity contribution in [1.82, 2.24) is 4.98 Å². The molecule has 0 atom stereocenters.